The first-order chi connectivity index (χ1) is 9.40. The van der Waals surface area contributed by atoms with Gasteiger partial charge in [-0.05, 0) is 23.1 Å². The van der Waals surface area contributed by atoms with Gasteiger partial charge < -0.3 is 0 Å². The van der Waals surface area contributed by atoms with Gasteiger partial charge in [0.25, 0.3) is 0 Å². The number of hydrogen-bond acceptors (Lipinski definition) is 1. The van der Waals surface area contributed by atoms with Crippen molar-refractivity contribution in [2.75, 3.05) is 6.54 Å². The molecule has 19 heavy (non-hydrogen) atoms. The minimum Gasteiger partial charge on any atom is -0.289 e. The Bertz CT molecular complexity index is 584. The lowest BCUT2D eigenvalue weighted by Crippen LogP contribution is -1.98. The van der Waals surface area contributed by atoms with Crippen molar-refractivity contribution < 1.29 is 0 Å². The van der Waals surface area contributed by atoms with Crippen LogP contribution >= 0.6 is 0 Å². The monoisotopic (exact) mass is 249 g/mol. The second kappa shape index (κ2) is 5.40. The van der Waals surface area contributed by atoms with Crippen molar-refractivity contribution in [1.29, 1.82) is 0 Å². The van der Waals surface area contributed by atoms with Crippen LogP contribution in [-0.4, -0.2) is 12.3 Å². The Balaban J connectivity index is 2.02. The molecule has 0 spiro atoms. The van der Waals surface area contributed by atoms with Crippen molar-refractivity contribution in [1.82, 2.24) is 0 Å². The maximum absolute atomic E-state index is 4.78. The molecule has 0 amide bonds. The van der Waals surface area contributed by atoms with Gasteiger partial charge in [-0.3, -0.25) is 4.99 Å². The molecule has 0 aromatic heterocycles. The predicted octanol–water partition coefficient (Wildman–Crippen LogP) is 4.42. The van der Waals surface area contributed by atoms with Crippen LogP contribution < -0.4 is 0 Å². The molecule has 1 unspecified atom stereocenters. The van der Waals surface area contributed by atoms with E-state index >= 15 is 0 Å². The zero-order valence-corrected chi connectivity index (χ0v) is 11.3. The average Bonchev–Trinajstić information content (AvgIpc) is 2.85. The molecule has 0 radical (unpaired) electrons. The molecule has 0 aliphatic heterocycles. The van der Waals surface area contributed by atoms with E-state index in [-0.39, 0.29) is 0 Å². The van der Waals surface area contributed by atoms with Crippen LogP contribution in [0.5, 0.6) is 0 Å². The maximum Gasteiger partial charge on any atom is 0.0432 e. The number of fused-ring (bicyclic) bond motifs is 1. The Morgan fingerprint density at radius 1 is 1.00 bits per heavy atom. The van der Waals surface area contributed by atoms with Crippen LogP contribution in [0.2, 0.25) is 0 Å². The van der Waals surface area contributed by atoms with Gasteiger partial charge in [0, 0.05) is 24.6 Å². The predicted molar refractivity (Wildman–Crippen MR) is 81.0 cm³/mol. The van der Waals surface area contributed by atoms with Gasteiger partial charge in [-0.2, -0.15) is 0 Å². The Morgan fingerprint density at radius 2 is 1.74 bits per heavy atom. The summed E-state index contributed by atoms with van der Waals surface area (Å²) in [6, 6.07) is 19.5. The highest BCUT2D eigenvalue weighted by Gasteiger charge is 2.27. The van der Waals surface area contributed by atoms with E-state index in [1.54, 1.807) is 0 Å². The summed E-state index contributed by atoms with van der Waals surface area (Å²) in [6.07, 6.45) is 2.16. The Hall–Kier alpha value is -1.89. The Kier molecular flexibility index (Phi) is 3.45. The van der Waals surface area contributed by atoms with Crippen molar-refractivity contribution in [3.8, 4) is 0 Å². The van der Waals surface area contributed by atoms with Gasteiger partial charge in [0.2, 0.25) is 0 Å². The third-order valence-electron chi connectivity index (χ3n) is 3.77. The van der Waals surface area contributed by atoms with E-state index in [0.717, 1.165) is 19.4 Å². The van der Waals surface area contributed by atoms with Gasteiger partial charge in [-0.1, -0.05) is 61.5 Å². The first kappa shape index (κ1) is 12.2. The van der Waals surface area contributed by atoms with Gasteiger partial charge in [-0.25, -0.2) is 0 Å². The second-order valence-electron chi connectivity index (χ2n) is 5.08. The summed E-state index contributed by atoms with van der Waals surface area (Å²) in [5.41, 5.74) is 5.47. The summed E-state index contributed by atoms with van der Waals surface area (Å²) in [7, 11) is 0. The van der Waals surface area contributed by atoms with Crippen molar-refractivity contribution in [3.63, 3.8) is 0 Å². The summed E-state index contributed by atoms with van der Waals surface area (Å²) in [5, 5.41) is 0. The molecule has 0 saturated heterocycles. The van der Waals surface area contributed by atoms with Crippen LogP contribution in [0.15, 0.2) is 59.6 Å². The van der Waals surface area contributed by atoms with Crippen molar-refractivity contribution in [2.45, 2.75) is 25.7 Å². The lowest BCUT2D eigenvalue weighted by Gasteiger charge is -2.10. The lowest BCUT2D eigenvalue weighted by atomic mass is 9.93. The molecule has 0 N–H and O–H groups in total. The summed E-state index contributed by atoms with van der Waals surface area (Å²) in [4.78, 5) is 4.78. The van der Waals surface area contributed by atoms with Crippen LogP contribution in [-0.2, 0) is 0 Å². The third-order valence-corrected chi connectivity index (χ3v) is 3.77. The molecular formula is C18H19N. The van der Waals surface area contributed by atoms with Crippen molar-refractivity contribution in [2.24, 2.45) is 4.99 Å². The number of rotatable bonds is 3. The topological polar surface area (TPSA) is 12.4 Å². The second-order valence-corrected chi connectivity index (χ2v) is 5.08. The number of nitrogens with zero attached hydrogens (tertiary/aromatic N) is 1. The van der Waals surface area contributed by atoms with E-state index in [1.807, 2.05) is 0 Å². The first-order valence-electron chi connectivity index (χ1n) is 7.07. The third kappa shape index (κ3) is 2.33. The normalized spacial score (nSPS) is 19.6. The molecule has 1 aliphatic rings. The number of hydrogen-bond donors (Lipinski definition) is 0. The Labute approximate surface area is 115 Å². The van der Waals surface area contributed by atoms with Gasteiger partial charge in [0.05, 0.1) is 0 Å². The highest BCUT2D eigenvalue weighted by Crippen LogP contribution is 2.38. The molecule has 1 nitrogen and oxygen atoms in total. The van der Waals surface area contributed by atoms with Crippen molar-refractivity contribution in [3.05, 3.63) is 71.3 Å². The highest BCUT2D eigenvalue weighted by atomic mass is 14.7. The van der Waals surface area contributed by atoms with Crippen LogP contribution in [0, 0.1) is 0 Å². The Morgan fingerprint density at radius 3 is 2.53 bits per heavy atom. The van der Waals surface area contributed by atoms with Crippen LogP contribution in [0.25, 0.3) is 0 Å². The van der Waals surface area contributed by atoms with Gasteiger partial charge in [0.1, 0.15) is 0 Å². The van der Waals surface area contributed by atoms with Gasteiger partial charge in [0.15, 0.2) is 0 Å². The van der Waals surface area contributed by atoms with E-state index < -0.39 is 0 Å². The van der Waals surface area contributed by atoms with Crippen LogP contribution in [0.4, 0.5) is 0 Å². The van der Waals surface area contributed by atoms with E-state index in [1.165, 1.54) is 22.4 Å². The summed E-state index contributed by atoms with van der Waals surface area (Å²) in [6.45, 7) is 3.12. The fraction of sp³-hybridized carbons (Fsp3) is 0.278. The van der Waals surface area contributed by atoms with E-state index in [0.29, 0.717) is 5.92 Å². The zero-order valence-electron chi connectivity index (χ0n) is 11.3. The number of aliphatic imine (C=N–C) groups is 1. The molecule has 0 fully saturated rings. The molecule has 3 rings (SSSR count). The van der Waals surface area contributed by atoms with E-state index in [4.69, 9.17) is 4.99 Å². The van der Waals surface area contributed by atoms with E-state index in [2.05, 4.69) is 61.5 Å². The molecule has 2 aromatic rings. The standard InChI is InChI=1S/C18H19N/c1-2-12-19-18-13-17(14-8-4-3-5-9-14)15-10-6-7-11-16(15)18/h3-11,17H,2,12-13H2,1H3. The molecule has 0 saturated carbocycles. The molecule has 1 aliphatic carbocycles. The fourth-order valence-electron chi connectivity index (χ4n) is 2.86. The SMILES string of the molecule is CCCN=C1CC(c2ccccc2)c2ccccc21. The molecule has 0 bridgehead atoms. The largest absolute Gasteiger partial charge is 0.289 e. The average molecular weight is 249 g/mol. The molecule has 2 aromatic carbocycles. The molecule has 1 heteroatoms. The summed E-state index contributed by atoms with van der Waals surface area (Å²) < 4.78 is 0. The highest BCUT2D eigenvalue weighted by molar-refractivity contribution is 6.05. The van der Waals surface area contributed by atoms with Crippen LogP contribution in [0.1, 0.15) is 42.4 Å². The molecular weight excluding hydrogens is 230 g/mol. The fourth-order valence-corrected chi connectivity index (χ4v) is 2.86. The zero-order chi connectivity index (χ0) is 13.1. The quantitative estimate of drug-likeness (QED) is 0.763. The lowest BCUT2D eigenvalue weighted by molar-refractivity contribution is 0.876. The minimum absolute atomic E-state index is 0.480. The van der Waals surface area contributed by atoms with E-state index in [9.17, 15) is 0 Å². The molecule has 96 valence electrons. The molecule has 1 atom stereocenters. The summed E-state index contributed by atoms with van der Waals surface area (Å²) >= 11 is 0. The smallest absolute Gasteiger partial charge is 0.0432 e. The molecule has 0 heterocycles. The maximum atomic E-state index is 4.78. The van der Waals surface area contributed by atoms with Gasteiger partial charge >= 0.3 is 0 Å². The minimum atomic E-state index is 0.480. The number of benzene rings is 2. The first-order valence-corrected chi connectivity index (χ1v) is 7.07. The van der Waals surface area contributed by atoms with Gasteiger partial charge in [-0.15, -0.1) is 0 Å². The van der Waals surface area contributed by atoms with Crippen LogP contribution in [0.3, 0.4) is 0 Å². The van der Waals surface area contributed by atoms with Crippen molar-refractivity contribution >= 4 is 5.71 Å². The summed E-state index contributed by atoms with van der Waals surface area (Å²) in [5.74, 6) is 0.480.